The third-order valence-electron chi connectivity index (χ3n) is 10.4. The van der Waals surface area contributed by atoms with Gasteiger partial charge in [-0.25, -0.2) is 19.9 Å². The fourth-order valence-corrected chi connectivity index (χ4v) is 6.90. The Morgan fingerprint density at radius 3 is 1.97 bits per heavy atom. The lowest BCUT2D eigenvalue weighted by Gasteiger charge is -2.28. The Hall–Kier alpha value is -6.95. The molecule has 10 N–H and O–H groups in total. The van der Waals surface area contributed by atoms with E-state index in [1.54, 1.807) is 25.1 Å². The van der Waals surface area contributed by atoms with Crippen LogP contribution in [0.5, 0.6) is 0 Å². The molecule has 0 bridgehead atoms. The summed E-state index contributed by atoms with van der Waals surface area (Å²) in [6.45, 7) is 7.41. The molecule has 6 aromatic rings. The molecule has 0 fully saturated rings. The molecule has 0 spiro atoms. The Morgan fingerprint density at radius 1 is 0.721 bits per heavy atom. The van der Waals surface area contributed by atoms with E-state index in [1.807, 2.05) is 57.2 Å². The van der Waals surface area contributed by atoms with E-state index >= 15 is 0 Å². The van der Waals surface area contributed by atoms with Crippen molar-refractivity contribution in [3.05, 3.63) is 96.6 Å². The predicted molar refractivity (Wildman–Crippen MR) is 227 cm³/mol. The van der Waals surface area contributed by atoms with Gasteiger partial charge < -0.3 is 47.1 Å². The normalized spacial score (nSPS) is 14.5. The summed E-state index contributed by atoms with van der Waals surface area (Å²) in [5.74, 6) is -3.23. The number of nitrogens with one attached hydrogen (secondary N) is 6. The van der Waals surface area contributed by atoms with Crippen molar-refractivity contribution in [2.24, 2.45) is 23.3 Å². The van der Waals surface area contributed by atoms with Crippen molar-refractivity contribution in [2.45, 2.75) is 90.0 Å². The molecule has 320 valence electrons. The van der Waals surface area contributed by atoms with Gasteiger partial charge in [0, 0.05) is 42.0 Å². The van der Waals surface area contributed by atoms with Crippen LogP contribution < -0.4 is 32.7 Å². The summed E-state index contributed by atoms with van der Waals surface area (Å²) in [7, 11) is 0. The number of para-hydroxylation sites is 1. The van der Waals surface area contributed by atoms with Gasteiger partial charge in [-0.15, -0.1) is 0 Å². The number of benzene rings is 2. The highest BCUT2D eigenvalue weighted by Gasteiger charge is 2.33. The molecule has 5 amide bonds. The lowest BCUT2D eigenvalue weighted by molar-refractivity contribution is -0.135. The number of hydrogen-bond donors (Lipinski definition) is 8. The molecule has 0 saturated heterocycles. The Balaban J connectivity index is 1.15. The van der Waals surface area contributed by atoms with E-state index in [0.29, 0.717) is 46.1 Å². The minimum absolute atomic E-state index is 0.00572. The van der Waals surface area contributed by atoms with Gasteiger partial charge in [-0.3, -0.25) is 24.0 Å². The topological polar surface area (TPSA) is 282 Å². The van der Waals surface area contributed by atoms with Crippen LogP contribution in [0, 0.1) is 11.8 Å². The van der Waals surface area contributed by atoms with Crippen molar-refractivity contribution in [3.63, 3.8) is 0 Å². The molecule has 61 heavy (non-hydrogen) atoms. The average molecular weight is 833 g/mol. The van der Waals surface area contributed by atoms with E-state index in [-0.39, 0.29) is 37.5 Å². The lowest BCUT2D eigenvalue weighted by atomic mass is 9.97. The van der Waals surface area contributed by atoms with Gasteiger partial charge in [-0.2, -0.15) is 0 Å². The first-order chi connectivity index (χ1) is 29.3. The fraction of sp³-hybridized carbons (Fsp3) is 0.372. The van der Waals surface area contributed by atoms with Crippen molar-refractivity contribution in [1.29, 1.82) is 0 Å². The molecule has 2 aromatic carbocycles. The van der Waals surface area contributed by atoms with Gasteiger partial charge in [-0.1, -0.05) is 64.4 Å². The summed E-state index contributed by atoms with van der Waals surface area (Å²) in [5.41, 5.74) is 16.4. The van der Waals surface area contributed by atoms with Gasteiger partial charge in [0.15, 0.2) is 5.58 Å². The van der Waals surface area contributed by atoms with Crippen LogP contribution in [0.25, 0.3) is 33.6 Å². The number of imidazole rings is 2. The van der Waals surface area contributed by atoms with Gasteiger partial charge in [0.25, 0.3) is 0 Å². The first-order valence-electron chi connectivity index (χ1n) is 20.2. The number of nitrogens with two attached hydrogens (primary N) is 2. The Kier molecular flexibility index (Phi) is 14.2. The van der Waals surface area contributed by atoms with Crippen molar-refractivity contribution in [2.75, 3.05) is 0 Å². The number of aromatic amines is 2. The molecule has 0 saturated carbocycles. The monoisotopic (exact) mass is 832 g/mol. The molecule has 6 atom stereocenters. The fourth-order valence-electron chi connectivity index (χ4n) is 6.90. The van der Waals surface area contributed by atoms with Crippen LogP contribution in [0.3, 0.4) is 0 Å². The van der Waals surface area contributed by atoms with Crippen LogP contribution in [0.1, 0.15) is 57.5 Å². The Morgan fingerprint density at radius 2 is 1.34 bits per heavy atom. The number of carbonyl (C=O) groups excluding carboxylic acids is 5. The quantitative estimate of drug-likeness (QED) is 0.0553. The minimum Gasteiger partial charge on any atom is -0.435 e. The smallest absolute Gasteiger partial charge is 0.246 e. The van der Waals surface area contributed by atoms with Gasteiger partial charge in [-0.05, 0) is 54.5 Å². The van der Waals surface area contributed by atoms with Crippen molar-refractivity contribution >= 4 is 51.5 Å². The van der Waals surface area contributed by atoms with E-state index in [1.165, 1.54) is 25.0 Å². The first kappa shape index (κ1) is 43.6. The van der Waals surface area contributed by atoms with Gasteiger partial charge in [0.05, 0.1) is 24.2 Å². The van der Waals surface area contributed by atoms with Gasteiger partial charge >= 0.3 is 0 Å². The zero-order chi connectivity index (χ0) is 43.6. The van der Waals surface area contributed by atoms with Crippen molar-refractivity contribution in [3.8, 4) is 11.6 Å². The highest BCUT2D eigenvalue weighted by Crippen LogP contribution is 2.26. The molecule has 18 nitrogen and oxygen atoms in total. The number of aromatic nitrogens is 6. The van der Waals surface area contributed by atoms with Crippen LogP contribution in [0.4, 0.5) is 0 Å². The summed E-state index contributed by atoms with van der Waals surface area (Å²) in [5, 5.41) is 12.0. The number of pyridine rings is 1. The van der Waals surface area contributed by atoms with Gasteiger partial charge in [0.1, 0.15) is 35.4 Å². The first-order valence-corrected chi connectivity index (χ1v) is 20.2. The number of amides is 5. The summed E-state index contributed by atoms with van der Waals surface area (Å²) in [6, 6.07) is 11.4. The number of carbonyl (C=O) groups is 5. The second-order valence-electron chi connectivity index (χ2n) is 15.7. The molecule has 0 aliphatic rings. The molecule has 0 unspecified atom stereocenters. The summed E-state index contributed by atoms with van der Waals surface area (Å²) < 4.78 is 6.00. The maximum atomic E-state index is 14.1. The number of oxazole rings is 1. The number of fused-ring (bicyclic) bond motifs is 2. The Labute approximate surface area is 351 Å². The minimum atomic E-state index is -1.17. The molecule has 0 radical (unpaired) electrons. The molecule has 18 heteroatoms. The zero-order valence-corrected chi connectivity index (χ0v) is 34.5. The summed E-state index contributed by atoms with van der Waals surface area (Å²) in [4.78, 5) is 90.9. The highest BCUT2D eigenvalue weighted by atomic mass is 16.3. The number of hydrogen-bond acceptors (Lipinski definition) is 11. The molecule has 4 aromatic heterocycles. The molecule has 6 rings (SSSR count). The number of nitrogens with zero attached hydrogens (tertiary/aromatic N) is 4. The third-order valence-corrected chi connectivity index (χ3v) is 10.4. The molecule has 0 aliphatic carbocycles. The summed E-state index contributed by atoms with van der Waals surface area (Å²) in [6.07, 6.45) is 6.82. The SMILES string of the molecule is CC[C@H](C)[C@H](NC(=O)[C@H](Cc1cnc[nH]1)NC(=O)[C@H](CC(C)C)NC(=O)[C@H](Cc1cnc[nH]1)NC(=O)[C@@H](N)Cc1ccc2oc(-c3ccc4ccccc4n3)nc2c1)C(N)=O. The maximum Gasteiger partial charge on any atom is 0.246 e. The maximum absolute atomic E-state index is 14.1. The second-order valence-corrected chi connectivity index (χ2v) is 15.7. The van der Waals surface area contributed by atoms with E-state index in [4.69, 9.17) is 15.9 Å². The standard InChI is InChI=1S/C43H52N12O6/c1-5-24(4)37(38(45)56)55-42(60)35(18-28-20-47-22-49-28)53-40(58)33(14-23(2)3)52-41(59)34(17-27-19-46-21-48-27)51-39(57)29(44)15-25-10-13-36-32(16-25)54-43(61-36)31-12-11-26-8-6-7-9-30(26)50-31/h6-13,16,19-24,29,33-35,37H,5,14-15,17-18,44H2,1-4H3,(H2,45,56)(H,46,48)(H,47,49)(H,51,57)(H,52,59)(H,53,58)(H,55,60)/t24-,29-,33-,34-,35-,37-/m0/s1. The van der Waals surface area contributed by atoms with E-state index in [9.17, 15) is 24.0 Å². The molecule has 0 aliphatic heterocycles. The average Bonchev–Trinajstić information content (AvgIpc) is 4.04. The van der Waals surface area contributed by atoms with E-state index in [0.717, 1.165) is 10.9 Å². The molecule has 4 heterocycles. The molecular weight excluding hydrogens is 781 g/mol. The number of rotatable bonds is 20. The van der Waals surface area contributed by atoms with E-state index in [2.05, 4.69) is 51.2 Å². The van der Waals surface area contributed by atoms with E-state index < -0.39 is 59.7 Å². The van der Waals surface area contributed by atoms with Crippen LogP contribution in [0.2, 0.25) is 0 Å². The van der Waals surface area contributed by atoms with Crippen molar-refractivity contribution in [1.82, 2.24) is 51.2 Å². The van der Waals surface area contributed by atoms with Gasteiger partial charge in [0.2, 0.25) is 35.4 Å². The largest absolute Gasteiger partial charge is 0.435 e. The Bertz CT molecular complexity index is 2450. The highest BCUT2D eigenvalue weighted by molar-refractivity contribution is 5.96. The third kappa shape index (κ3) is 11.4. The van der Waals surface area contributed by atoms with Crippen LogP contribution >= 0.6 is 0 Å². The number of primary amides is 1. The van der Waals surface area contributed by atoms with Crippen LogP contribution in [0.15, 0.2) is 84.1 Å². The zero-order valence-electron chi connectivity index (χ0n) is 34.5. The predicted octanol–water partition coefficient (Wildman–Crippen LogP) is 2.36. The number of H-pyrrole nitrogens is 2. The van der Waals surface area contributed by atoms with Crippen LogP contribution in [-0.2, 0) is 43.2 Å². The second kappa shape index (κ2) is 19.9. The molecular formula is C43H52N12O6. The lowest BCUT2D eigenvalue weighted by Crippen LogP contribution is -2.60. The van der Waals surface area contributed by atoms with Crippen LogP contribution in [-0.4, -0.2) is 89.6 Å². The summed E-state index contributed by atoms with van der Waals surface area (Å²) >= 11 is 0. The van der Waals surface area contributed by atoms with Crippen molar-refractivity contribution < 1.29 is 28.4 Å².